The summed E-state index contributed by atoms with van der Waals surface area (Å²) < 4.78 is 0. The molecule has 3 heterocycles. The van der Waals surface area contributed by atoms with Crippen molar-refractivity contribution in [3.8, 4) is 6.07 Å². The average Bonchev–Trinajstić information content (AvgIpc) is 3.04. The third-order valence-corrected chi connectivity index (χ3v) is 4.84. The number of nitriles is 1. The summed E-state index contributed by atoms with van der Waals surface area (Å²) in [6.07, 6.45) is 3.20. The molecule has 2 aromatic rings. The Balaban J connectivity index is 1.88. The predicted octanol–water partition coefficient (Wildman–Crippen LogP) is 3.32. The van der Waals surface area contributed by atoms with Gasteiger partial charge in [-0.2, -0.15) is 10.4 Å². The first-order valence-corrected chi connectivity index (χ1v) is 7.80. The number of hydrogen-bond acceptors (Lipinski definition) is 5. The molecule has 106 valence electrons. The summed E-state index contributed by atoms with van der Waals surface area (Å²) >= 11 is 1.77. The number of nitrogens with zero attached hydrogens (tertiary/aromatic N) is 4. The van der Waals surface area contributed by atoms with Gasteiger partial charge in [-0.25, -0.2) is 0 Å². The van der Waals surface area contributed by atoms with Crippen LogP contribution in [-0.2, 0) is 0 Å². The van der Waals surface area contributed by atoms with Gasteiger partial charge in [0.1, 0.15) is 11.6 Å². The molecule has 1 aliphatic rings. The van der Waals surface area contributed by atoms with Crippen LogP contribution in [0.5, 0.6) is 0 Å². The second kappa shape index (κ2) is 5.66. The van der Waals surface area contributed by atoms with Gasteiger partial charge >= 0.3 is 0 Å². The first-order chi connectivity index (χ1) is 10.2. The van der Waals surface area contributed by atoms with Gasteiger partial charge in [0.15, 0.2) is 5.82 Å². The number of aromatic nitrogens is 2. The van der Waals surface area contributed by atoms with Gasteiger partial charge in [0.05, 0.1) is 5.69 Å². The van der Waals surface area contributed by atoms with Gasteiger partial charge in [0.25, 0.3) is 0 Å². The molecule has 0 spiro atoms. The molecule has 0 fully saturated rings. The fourth-order valence-electron chi connectivity index (χ4n) is 2.50. The standard InChI is InChI=1S/C16H16N4S/c1-11-12(2)18-19-16(14(11)10-17)20-7-5-13(6-8-20)15-4-3-9-21-15/h3-5,9H,6-8H2,1-2H3. The lowest BCUT2D eigenvalue weighted by Gasteiger charge is -2.27. The van der Waals surface area contributed by atoms with Gasteiger partial charge in [-0.3, -0.25) is 0 Å². The van der Waals surface area contributed by atoms with Crippen LogP contribution in [0.25, 0.3) is 5.57 Å². The second-order valence-electron chi connectivity index (χ2n) is 5.12. The molecular weight excluding hydrogens is 280 g/mol. The Morgan fingerprint density at radius 2 is 2.19 bits per heavy atom. The molecule has 0 saturated heterocycles. The highest BCUT2D eigenvalue weighted by atomic mass is 32.1. The lowest BCUT2D eigenvalue weighted by Crippen LogP contribution is -2.30. The van der Waals surface area contributed by atoms with Crippen LogP contribution >= 0.6 is 11.3 Å². The van der Waals surface area contributed by atoms with Gasteiger partial charge in [-0.15, -0.1) is 16.4 Å². The molecule has 0 aliphatic carbocycles. The Morgan fingerprint density at radius 3 is 2.81 bits per heavy atom. The maximum atomic E-state index is 9.40. The molecule has 3 rings (SSSR count). The quantitative estimate of drug-likeness (QED) is 0.853. The molecule has 1 aliphatic heterocycles. The normalized spacial score (nSPS) is 14.7. The highest BCUT2D eigenvalue weighted by Crippen LogP contribution is 2.29. The Labute approximate surface area is 128 Å². The highest BCUT2D eigenvalue weighted by molar-refractivity contribution is 7.11. The van der Waals surface area contributed by atoms with Crippen molar-refractivity contribution in [2.24, 2.45) is 0 Å². The van der Waals surface area contributed by atoms with Crippen LogP contribution in [0.2, 0.25) is 0 Å². The summed E-state index contributed by atoms with van der Waals surface area (Å²) in [5, 5.41) is 19.9. The minimum Gasteiger partial charge on any atom is -0.350 e. The molecule has 0 N–H and O–H groups in total. The summed E-state index contributed by atoms with van der Waals surface area (Å²) in [7, 11) is 0. The van der Waals surface area contributed by atoms with E-state index in [1.54, 1.807) is 11.3 Å². The molecule has 0 aromatic carbocycles. The molecule has 21 heavy (non-hydrogen) atoms. The third kappa shape index (κ3) is 2.55. The molecule has 0 radical (unpaired) electrons. The average molecular weight is 296 g/mol. The maximum Gasteiger partial charge on any atom is 0.169 e. The second-order valence-corrected chi connectivity index (χ2v) is 6.07. The van der Waals surface area contributed by atoms with Gasteiger partial charge in [0.2, 0.25) is 0 Å². The SMILES string of the molecule is Cc1nnc(N2CC=C(c3cccs3)CC2)c(C#N)c1C. The summed E-state index contributed by atoms with van der Waals surface area (Å²) in [6, 6.07) is 6.51. The molecular formula is C16H16N4S. The maximum absolute atomic E-state index is 9.40. The van der Waals surface area contributed by atoms with Crippen molar-refractivity contribution in [1.82, 2.24) is 10.2 Å². The lowest BCUT2D eigenvalue weighted by molar-refractivity contribution is 0.791. The smallest absolute Gasteiger partial charge is 0.169 e. The van der Waals surface area contributed by atoms with Crippen molar-refractivity contribution in [3.63, 3.8) is 0 Å². The summed E-state index contributed by atoms with van der Waals surface area (Å²) in [5.41, 5.74) is 3.78. The van der Waals surface area contributed by atoms with Gasteiger partial charge in [-0.05, 0) is 42.9 Å². The number of anilines is 1. The van der Waals surface area contributed by atoms with E-state index >= 15 is 0 Å². The minimum absolute atomic E-state index is 0.649. The molecule has 2 aromatic heterocycles. The Hall–Kier alpha value is -2.19. The number of hydrogen-bond donors (Lipinski definition) is 0. The summed E-state index contributed by atoms with van der Waals surface area (Å²) in [6.45, 7) is 5.47. The molecule has 0 atom stereocenters. The fourth-order valence-corrected chi connectivity index (χ4v) is 3.30. The van der Waals surface area contributed by atoms with Crippen LogP contribution in [0.1, 0.15) is 28.1 Å². The van der Waals surface area contributed by atoms with Gasteiger partial charge < -0.3 is 4.90 Å². The zero-order chi connectivity index (χ0) is 14.8. The van der Waals surface area contributed by atoms with Gasteiger partial charge in [-0.1, -0.05) is 12.1 Å². The molecule has 4 nitrogen and oxygen atoms in total. The topological polar surface area (TPSA) is 52.8 Å². The summed E-state index contributed by atoms with van der Waals surface area (Å²) in [5.74, 6) is 0.710. The number of aryl methyl sites for hydroxylation is 1. The van der Waals surface area contributed by atoms with E-state index < -0.39 is 0 Å². The van der Waals surface area contributed by atoms with E-state index in [-0.39, 0.29) is 0 Å². The van der Waals surface area contributed by atoms with Crippen molar-refractivity contribution >= 4 is 22.7 Å². The monoisotopic (exact) mass is 296 g/mol. The van der Waals surface area contributed by atoms with Crippen LogP contribution in [0, 0.1) is 25.2 Å². The molecule has 5 heteroatoms. The molecule has 0 unspecified atom stereocenters. The molecule has 0 bridgehead atoms. The van der Waals surface area contributed by atoms with Crippen molar-refractivity contribution in [2.45, 2.75) is 20.3 Å². The zero-order valence-electron chi connectivity index (χ0n) is 12.1. The number of rotatable bonds is 2. The van der Waals surface area contributed by atoms with E-state index in [1.165, 1.54) is 10.5 Å². The van der Waals surface area contributed by atoms with E-state index in [0.717, 1.165) is 30.8 Å². The van der Waals surface area contributed by atoms with E-state index in [2.05, 4.69) is 44.8 Å². The summed E-state index contributed by atoms with van der Waals surface area (Å²) in [4.78, 5) is 3.47. The first kappa shape index (κ1) is 13.8. The Bertz CT molecular complexity index is 725. The zero-order valence-corrected chi connectivity index (χ0v) is 12.9. The lowest BCUT2D eigenvalue weighted by atomic mass is 10.0. The highest BCUT2D eigenvalue weighted by Gasteiger charge is 2.20. The van der Waals surface area contributed by atoms with Gasteiger partial charge in [0, 0.05) is 18.0 Å². The van der Waals surface area contributed by atoms with E-state index in [1.807, 2.05) is 13.8 Å². The van der Waals surface area contributed by atoms with Crippen molar-refractivity contribution in [1.29, 1.82) is 5.26 Å². The Kier molecular flexibility index (Phi) is 3.72. The molecule has 0 saturated carbocycles. The molecule has 0 amide bonds. The van der Waals surface area contributed by atoms with E-state index in [4.69, 9.17) is 0 Å². The fraction of sp³-hybridized carbons (Fsp3) is 0.312. The van der Waals surface area contributed by atoms with Crippen LogP contribution in [0.3, 0.4) is 0 Å². The van der Waals surface area contributed by atoms with Crippen molar-refractivity contribution < 1.29 is 0 Å². The predicted molar refractivity (Wildman–Crippen MR) is 85.3 cm³/mol. The first-order valence-electron chi connectivity index (χ1n) is 6.92. The van der Waals surface area contributed by atoms with Crippen LogP contribution < -0.4 is 4.90 Å². The Morgan fingerprint density at radius 1 is 1.33 bits per heavy atom. The van der Waals surface area contributed by atoms with E-state index in [0.29, 0.717) is 11.4 Å². The van der Waals surface area contributed by atoms with Crippen LogP contribution in [-0.4, -0.2) is 23.3 Å². The van der Waals surface area contributed by atoms with Crippen molar-refractivity contribution in [2.75, 3.05) is 18.0 Å². The van der Waals surface area contributed by atoms with Crippen LogP contribution in [0.4, 0.5) is 5.82 Å². The van der Waals surface area contributed by atoms with Crippen LogP contribution in [0.15, 0.2) is 23.6 Å². The largest absolute Gasteiger partial charge is 0.350 e. The third-order valence-electron chi connectivity index (χ3n) is 3.89. The van der Waals surface area contributed by atoms with E-state index in [9.17, 15) is 5.26 Å². The number of thiophene rings is 1. The van der Waals surface area contributed by atoms with Crippen molar-refractivity contribution in [3.05, 3.63) is 45.3 Å². The minimum atomic E-state index is 0.649.